The number of carbonyl (C=O) groups is 1. The third-order valence-electron chi connectivity index (χ3n) is 4.19. The lowest BCUT2D eigenvalue weighted by molar-refractivity contribution is 0.0717. The van der Waals surface area contributed by atoms with Gasteiger partial charge in [0.2, 0.25) is 0 Å². The van der Waals surface area contributed by atoms with E-state index < -0.39 is 5.54 Å². The standard InChI is InChI=1S/C15H22N2O3/c1-10-4-6-15(9-18,7-5-10)17-14(20)12-8-11(19)2-3-13(12)16/h2-3,8,10,18-19H,4-7,9,16H2,1H3,(H,17,20). The van der Waals surface area contributed by atoms with Gasteiger partial charge in [-0.25, -0.2) is 0 Å². The molecule has 1 amide bonds. The van der Waals surface area contributed by atoms with Crippen molar-refractivity contribution in [2.75, 3.05) is 12.3 Å². The molecule has 1 saturated carbocycles. The topological polar surface area (TPSA) is 95.6 Å². The van der Waals surface area contributed by atoms with Gasteiger partial charge < -0.3 is 21.3 Å². The Morgan fingerprint density at radius 2 is 2.10 bits per heavy atom. The summed E-state index contributed by atoms with van der Waals surface area (Å²) in [7, 11) is 0. The lowest BCUT2D eigenvalue weighted by atomic mass is 9.77. The summed E-state index contributed by atoms with van der Waals surface area (Å²) in [5.41, 5.74) is 5.76. The van der Waals surface area contributed by atoms with E-state index in [0.29, 0.717) is 11.6 Å². The summed E-state index contributed by atoms with van der Waals surface area (Å²) < 4.78 is 0. The number of hydrogen-bond acceptors (Lipinski definition) is 4. The summed E-state index contributed by atoms with van der Waals surface area (Å²) in [4.78, 5) is 12.3. The molecule has 5 N–H and O–H groups in total. The molecule has 1 aromatic rings. The molecule has 0 aromatic heterocycles. The van der Waals surface area contributed by atoms with Crippen LogP contribution in [0.4, 0.5) is 5.69 Å². The Bertz CT molecular complexity index is 494. The number of phenolic OH excluding ortho intramolecular Hbond substituents is 1. The number of hydrogen-bond donors (Lipinski definition) is 4. The number of aliphatic hydroxyl groups is 1. The van der Waals surface area contributed by atoms with Gasteiger partial charge in [0.05, 0.1) is 17.7 Å². The second kappa shape index (κ2) is 5.71. The van der Waals surface area contributed by atoms with Crippen LogP contribution in [0.25, 0.3) is 0 Å². The summed E-state index contributed by atoms with van der Waals surface area (Å²) in [5.74, 6) is 0.277. The number of benzene rings is 1. The average molecular weight is 278 g/mol. The van der Waals surface area contributed by atoms with Crippen LogP contribution in [0.3, 0.4) is 0 Å². The number of rotatable bonds is 3. The zero-order valence-corrected chi connectivity index (χ0v) is 11.7. The molecule has 0 bridgehead atoms. The van der Waals surface area contributed by atoms with E-state index in [-0.39, 0.29) is 23.8 Å². The van der Waals surface area contributed by atoms with E-state index in [4.69, 9.17) is 5.73 Å². The first kappa shape index (κ1) is 14.7. The Balaban J connectivity index is 2.15. The van der Waals surface area contributed by atoms with Crippen LogP contribution in [0, 0.1) is 5.92 Å². The molecule has 2 rings (SSSR count). The van der Waals surface area contributed by atoms with Crippen molar-refractivity contribution >= 4 is 11.6 Å². The Morgan fingerprint density at radius 3 is 2.70 bits per heavy atom. The van der Waals surface area contributed by atoms with Gasteiger partial charge in [-0.2, -0.15) is 0 Å². The van der Waals surface area contributed by atoms with Crippen molar-refractivity contribution in [3.05, 3.63) is 23.8 Å². The van der Waals surface area contributed by atoms with E-state index in [1.807, 2.05) is 0 Å². The first-order chi connectivity index (χ1) is 9.46. The van der Waals surface area contributed by atoms with Crippen LogP contribution >= 0.6 is 0 Å². The van der Waals surface area contributed by atoms with Crippen LogP contribution in [-0.4, -0.2) is 28.3 Å². The van der Waals surface area contributed by atoms with Gasteiger partial charge in [0.15, 0.2) is 0 Å². The van der Waals surface area contributed by atoms with E-state index >= 15 is 0 Å². The summed E-state index contributed by atoms with van der Waals surface area (Å²) in [5, 5.41) is 22.0. The maximum Gasteiger partial charge on any atom is 0.254 e. The molecule has 110 valence electrons. The van der Waals surface area contributed by atoms with Crippen molar-refractivity contribution in [1.29, 1.82) is 0 Å². The quantitative estimate of drug-likeness (QED) is 0.499. The summed E-state index contributed by atoms with van der Waals surface area (Å²) >= 11 is 0. The number of aliphatic hydroxyl groups excluding tert-OH is 1. The van der Waals surface area contributed by atoms with Gasteiger partial charge in [-0.15, -0.1) is 0 Å². The third-order valence-corrected chi connectivity index (χ3v) is 4.19. The zero-order valence-electron chi connectivity index (χ0n) is 11.7. The largest absolute Gasteiger partial charge is 0.508 e. The van der Waals surface area contributed by atoms with Crippen LogP contribution in [-0.2, 0) is 0 Å². The molecule has 1 fully saturated rings. The lowest BCUT2D eigenvalue weighted by Crippen LogP contribution is -2.53. The van der Waals surface area contributed by atoms with Crippen molar-refractivity contribution in [3.8, 4) is 5.75 Å². The molecule has 1 aromatic carbocycles. The van der Waals surface area contributed by atoms with Crippen LogP contribution < -0.4 is 11.1 Å². The Morgan fingerprint density at radius 1 is 1.45 bits per heavy atom. The number of amides is 1. The Kier molecular flexibility index (Phi) is 4.18. The van der Waals surface area contributed by atoms with E-state index in [2.05, 4.69) is 12.2 Å². The molecule has 0 radical (unpaired) electrons. The second-order valence-corrected chi connectivity index (χ2v) is 5.85. The fourth-order valence-electron chi connectivity index (χ4n) is 2.69. The fourth-order valence-corrected chi connectivity index (χ4v) is 2.69. The maximum atomic E-state index is 12.3. The van der Waals surface area contributed by atoms with Crippen LogP contribution in [0.1, 0.15) is 43.0 Å². The predicted octanol–water partition coefficient (Wildman–Crippen LogP) is 1.65. The smallest absolute Gasteiger partial charge is 0.254 e. The molecular weight excluding hydrogens is 256 g/mol. The number of nitrogens with two attached hydrogens (primary N) is 1. The molecule has 0 saturated heterocycles. The van der Waals surface area contributed by atoms with Crippen molar-refractivity contribution in [3.63, 3.8) is 0 Å². The monoisotopic (exact) mass is 278 g/mol. The van der Waals surface area contributed by atoms with Gasteiger partial charge in [0.1, 0.15) is 5.75 Å². The molecular formula is C15H22N2O3. The number of phenols is 1. The average Bonchev–Trinajstić information content (AvgIpc) is 2.44. The summed E-state index contributed by atoms with van der Waals surface area (Å²) in [6.07, 6.45) is 3.48. The highest BCUT2D eigenvalue weighted by molar-refractivity contribution is 6.00. The minimum absolute atomic E-state index is 0.000310. The maximum absolute atomic E-state index is 12.3. The van der Waals surface area contributed by atoms with Crippen molar-refractivity contribution < 1.29 is 15.0 Å². The van der Waals surface area contributed by atoms with E-state index in [1.54, 1.807) is 0 Å². The van der Waals surface area contributed by atoms with E-state index in [0.717, 1.165) is 25.7 Å². The molecule has 5 nitrogen and oxygen atoms in total. The highest BCUT2D eigenvalue weighted by atomic mass is 16.3. The number of anilines is 1. The van der Waals surface area contributed by atoms with Gasteiger partial charge in [0.25, 0.3) is 5.91 Å². The molecule has 0 unspecified atom stereocenters. The fraction of sp³-hybridized carbons (Fsp3) is 0.533. The van der Waals surface area contributed by atoms with Gasteiger partial charge >= 0.3 is 0 Å². The minimum Gasteiger partial charge on any atom is -0.508 e. The molecule has 0 heterocycles. The minimum atomic E-state index is -0.568. The zero-order chi connectivity index (χ0) is 14.8. The molecule has 1 aliphatic rings. The third kappa shape index (κ3) is 3.04. The van der Waals surface area contributed by atoms with Crippen molar-refractivity contribution in [2.45, 2.75) is 38.1 Å². The van der Waals surface area contributed by atoms with Crippen LogP contribution in [0.5, 0.6) is 5.75 Å². The van der Waals surface area contributed by atoms with Crippen LogP contribution in [0.15, 0.2) is 18.2 Å². The highest BCUT2D eigenvalue weighted by Gasteiger charge is 2.35. The van der Waals surface area contributed by atoms with Gasteiger partial charge in [-0.3, -0.25) is 4.79 Å². The number of nitrogen functional groups attached to an aromatic ring is 1. The van der Waals surface area contributed by atoms with Gasteiger partial charge in [-0.1, -0.05) is 6.92 Å². The van der Waals surface area contributed by atoms with Crippen molar-refractivity contribution in [2.24, 2.45) is 5.92 Å². The molecule has 0 spiro atoms. The lowest BCUT2D eigenvalue weighted by Gasteiger charge is -2.38. The van der Waals surface area contributed by atoms with Gasteiger partial charge in [0, 0.05) is 5.69 Å². The molecule has 5 heteroatoms. The number of carbonyl (C=O) groups excluding carboxylic acids is 1. The molecule has 0 aliphatic heterocycles. The highest BCUT2D eigenvalue weighted by Crippen LogP contribution is 2.32. The SMILES string of the molecule is CC1CCC(CO)(NC(=O)c2cc(O)ccc2N)CC1. The van der Waals surface area contributed by atoms with E-state index in [9.17, 15) is 15.0 Å². The van der Waals surface area contributed by atoms with Crippen LogP contribution in [0.2, 0.25) is 0 Å². The Hall–Kier alpha value is -1.75. The first-order valence-corrected chi connectivity index (χ1v) is 6.98. The normalized spacial score (nSPS) is 26.2. The summed E-state index contributed by atoms with van der Waals surface area (Å²) in [6.45, 7) is 2.10. The number of nitrogens with one attached hydrogen (secondary N) is 1. The second-order valence-electron chi connectivity index (χ2n) is 5.85. The first-order valence-electron chi connectivity index (χ1n) is 6.98. The molecule has 0 atom stereocenters. The van der Waals surface area contributed by atoms with E-state index in [1.165, 1.54) is 18.2 Å². The number of aromatic hydroxyl groups is 1. The summed E-state index contributed by atoms with van der Waals surface area (Å²) in [6, 6.07) is 4.29. The van der Waals surface area contributed by atoms with Crippen molar-refractivity contribution in [1.82, 2.24) is 5.32 Å². The Labute approximate surface area is 118 Å². The molecule has 20 heavy (non-hydrogen) atoms. The van der Waals surface area contributed by atoms with Gasteiger partial charge in [-0.05, 0) is 49.8 Å². The predicted molar refractivity (Wildman–Crippen MR) is 77.4 cm³/mol. The molecule has 1 aliphatic carbocycles.